The summed E-state index contributed by atoms with van der Waals surface area (Å²) in [4.78, 5) is 15.9. The molecule has 1 aliphatic rings. The van der Waals surface area contributed by atoms with E-state index in [1.54, 1.807) is 11.3 Å². The summed E-state index contributed by atoms with van der Waals surface area (Å²) in [6.07, 6.45) is 2.60. The molecule has 0 spiro atoms. The molecular formula is C22H23BrN2OS. The number of thiophene rings is 1. The van der Waals surface area contributed by atoms with Crippen molar-refractivity contribution in [2.24, 2.45) is 5.73 Å². The van der Waals surface area contributed by atoms with Gasteiger partial charge in [-0.05, 0) is 63.2 Å². The van der Waals surface area contributed by atoms with Gasteiger partial charge >= 0.3 is 0 Å². The van der Waals surface area contributed by atoms with E-state index in [2.05, 4.69) is 58.4 Å². The maximum absolute atomic E-state index is 12.8. The highest BCUT2D eigenvalue weighted by Gasteiger charge is 2.27. The molecule has 1 unspecified atom stereocenters. The largest absolute Gasteiger partial charge is 0.341 e. The van der Waals surface area contributed by atoms with Crippen LogP contribution in [0.25, 0.3) is 10.8 Å². The van der Waals surface area contributed by atoms with Crippen molar-refractivity contribution in [3.8, 4) is 0 Å². The van der Waals surface area contributed by atoms with Crippen molar-refractivity contribution in [2.45, 2.75) is 31.2 Å². The first-order chi connectivity index (χ1) is 13.1. The first kappa shape index (κ1) is 18.7. The lowest BCUT2D eigenvalue weighted by molar-refractivity contribution is -0.133. The fourth-order valence-corrected chi connectivity index (χ4v) is 5.56. The quantitative estimate of drug-likeness (QED) is 0.621. The highest BCUT2D eigenvalue weighted by atomic mass is 79.9. The van der Waals surface area contributed by atoms with Gasteiger partial charge in [0.25, 0.3) is 0 Å². The minimum absolute atomic E-state index is 0.0795. The molecule has 0 bridgehead atoms. The molecule has 1 aromatic heterocycles. The second-order valence-electron chi connectivity index (χ2n) is 7.18. The fourth-order valence-electron chi connectivity index (χ4n) is 4.02. The lowest BCUT2D eigenvalue weighted by Crippen LogP contribution is -2.47. The van der Waals surface area contributed by atoms with Gasteiger partial charge in [-0.1, -0.05) is 42.5 Å². The van der Waals surface area contributed by atoms with Gasteiger partial charge in [0.15, 0.2) is 0 Å². The van der Waals surface area contributed by atoms with Crippen molar-refractivity contribution in [2.75, 3.05) is 13.1 Å². The van der Waals surface area contributed by atoms with E-state index in [4.69, 9.17) is 5.73 Å². The number of nitrogens with two attached hydrogens (primary N) is 1. The minimum Gasteiger partial charge on any atom is -0.341 e. The van der Waals surface area contributed by atoms with Crippen molar-refractivity contribution in [1.29, 1.82) is 0 Å². The first-order valence-electron chi connectivity index (χ1n) is 9.38. The van der Waals surface area contributed by atoms with Gasteiger partial charge in [-0.2, -0.15) is 0 Å². The Kier molecular flexibility index (Phi) is 5.62. The summed E-state index contributed by atoms with van der Waals surface area (Å²) in [5, 5.41) is 2.63. The average Bonchev–Trinajstić information content (AvgIpc) is 3.11. The van der Waals surface area contributed by atoms with Gasteiger partial charge < -0.3 is 10.6 Å². The van der Waals surface area contributed by atoms with Crippen LogP contribution in [0.5, 0.6) is 0 Å². The second-order valence-corrected chi connectivity index (χ2v) is 9.73. The number of hydrogen-bond donors (Lipinski definition) is 1. The zero-order chi connectivity index (χ0) is 18.8. The van der Waals surface area contributed by atoms with E-state index in [1.807, 2.05) is 17.0 Å². The molecule has 1 aliphatic heterocycles. The molecule has 27 heavy (non-hydrogen) atoms. The summed E-state index contributed by atoms with van der Waals surface area (Å²) in [6, 6.07) is 18.7. The Morgan fingerprint density at radius 2 is 1.85 bits per heavy atom. The number of likely N-dealkylation sites (tertiary alicyclic amines) is 1. The standard InChI is InChI=1S/C22H23BrN2OS/c23-21-9-8-17(27-21)14-20(24)22(26)25-12-10-16(11-13-25)19-7-3-5-15-4-1-2-6-18(15)19/h1-9,16,20H,10-14,24H2. The molecule has 0 radical (unpaired) electrons. The number of carbonyl (C=O) groups is 1. The smallest absolute Gasteiger partial charge is 0.239 e. The van der Waals surface area contributed by atoms with Crippen molar-refractivity contribution in [3.05, 3.63) is 68.8 Å². The number of carbonyl (C=O) groups excluding carboxylic acids is 1. The van der Waals surface area contributed by atoms with Crippen LogP contribution in [-0.2, 0) is 11.2 Å². The molecule has 2 N–H and O–H groups in total. The maximum atomic E-state index is 12.8. The van der Waals surface area contributed by atoms with E-state index in [1.165, 1.54) is 16.3 Å². The van der Waals surface area contributed by atoms with E-state index < -0.39 is 6.04 Å². The van der Waals surface area contributed by atoms with Gasteiger partial charge in [-0.3, -0.25) is 4.79 Å². The molecule has 4 rings (SSSR count). The molecule has 1 saturated heterocycles. The number of amides is 1. The van der Waals surface area contributed by atoms with E-state index in [0.29, 0.717) is 12.3 Å². The predicted molar refractivity (Wildman–Crippen MR) is 116 cm³/mol. The molecule has 140 valence electrons. The van der Waals surface area contributed by atoms with Gasteiger partial charge in [-0.15, -0.1) is 11.3 Å². The normalized spacial score (nSPS) is 16.6. The van der Waals surface area contributed by atoms with Crippen molar-refractivity contribution >= 4 is 43.9 Å². The van der Waals surface area contributed by atoms with E-state index in [9.17, 15) is 4.79 Å². The van der Waals surface area contributed by atoms with Crippen molar-refractivity contribution < 1.29 is 4.79 Å². The van der Waals surface area contributed by atoms with Crippen LogP contribution in [0.2, 0.25) is 0 Å². The number of nitrogens with zero attached hydrogens (tertiary/aromatic N) is 1. The highest BCUT2D eigenvalue weighted by molar-refractivity contribution is 9.11. The molecule has 1 amide bonds. The Morgan fingerprint density at radius 3 is 2.59 bits per heavy atom. The average molecular weight is 443 g/mol. The summed E-state index contributed by atoms with van der Waals surface area (Å²) >= 11 is 5.11. The minimum atomic E-state index is -0.454. The third-order valence-corrected chi connectivity index (χ3v) is 7.08. The molecule has 3 nitrogen and oxygen atoms in total. The van der Waals surface area contributed by atoms with Crippen LogP contribution in [0.1, 0.15) is 29.2 Å². The zero-order valence-corrected chi connectivity index (χ0v) is 17.5. The van der Waals surface area contributed by atoms with E-state index in [0.717, 1.165) is 34.6 Å². The summed E-state index contributed by atoms with van der Waals surface area (Å²) in [5.74, 6) is 0.584. The SMILES string of the molecule is NC(Cc1ccc(Br)s1)C(=O)N1CCC(c2cccc3ccccc23)CC1. The molecule has 0 saturated carbocycles. The lowest BCUT2D eigenvalue weighted by atomic mass is 9.86. The Morgan fingerprint density at radius 1 is 1.11 bits per heavy atom. The number of benzene rings is 2. The summed E-state index contributed by atoms with van der Waals surface area (Å²) < 4.78 is 1.08. The van der Waals surface area contributed by atoms with Crippen LogP contribution < -0.4 is 5.73 Å². The summed E-state index contributed by atoms with van der Waals surface area (Å²) in [5.41, 5.74) is 7.62. The third-order valence-electron chi connectivity index (χ3n) is 5.44. The first-order valence-corrected chi connectivity index (χ1v) is 11.0. The lowest BCUT2D eigenvalue weighted by Gasteiger charge is -2.34. The van der Waals surface area contributed by atoms with E-state index >= 15 is 0 Å². The van der Waals surface area contributed by atoms with Gasteiger partial charge in [-0.25, -0.2) is 0 Å². The maximum Gasteiger partial charge on any atom is 0.239 e. The fraction of sp³-hybridized carbons (Fsp3) is 0.318. The van der Waals surface area contributed by atoms with Gasteiger partial charge in [0.05, 0.1) is 9.83 Å². The zero-order valence-electron chi connectivity index (χ0n) is 15.1. The molecule has 3 aromatic rings. The Hall–Kier alpha value is -1.69. The van der Waals surface area contributed by atoms with Crippen molar-refractivity contribution in [3.63, 3.8) is 0 Å². The predicted octanol–water partition coefficient (Wildman–Crippen LogP) is 4.94. The Bertz CT molecular complexity index is 941. The summed E-state index contributed by atoms with van der Waals surface area (Å²) in [6.45, 7) is 1.57. The molecule has 5 heteroatoms. The van der Waals surface area contributed by atoms with Crippen LogP contribution in [-0.4, -0.2) is 29.9 Å². The monoisotopic (exact) mass is 442 g/mol. The Balaban J connectivity index is 1.40. The number of rotatable bonds is 4. The van der Waals surface area contributed by atoms with Crippen LogP contribution in [0.3, 0.4) is 0 Å². The molecule has 2 heterocycles. The molecule has 0 aliphatic carbocycles. The Labute approximate surface area is 172 Å². The van der Waals surface area contributed by atoms with Crippen LogP contribution in [0.4, 0.5) is 0 Å². The van der Waals surface area contributed by atoms with Crippen LogP contribution in [0, 0.1) is 0 Å². The second kappa shape index (κ2) is 8.13. The number of hydrogen-bond acceptors (Lipinski definition) is 3. The van der Waals surface area contributed by atoms with E-state index in [-0.39, 0.29) is 5.91 Å². The molecule has 1 fully saturated rings. The van der Waals surface area contributed by atoms with Crippen LogP contribution >= 0.6 is 27.3 Å². The van der Waals surface area contributed by atoms with Crippen LogP contribution in [0.15, 0.2) is 58.4 Å². The van der Waals surface area contributed by atoms with Gasteiger partial charge in [0.1, 0.15) is 0 Å². The number of halogens is 1. The topological polar surface area (TPSA) is 46.3 Å². The molecule has 2 aromatic carbocycles. The number of piperidine rings is 1. The highest BCUT2D eigenvalue weighted by Crippen LogP contribution is 2.33. The van der Waals surface area contributed by atoms with Crippen molar-refractivity contribution in [1.82, 2.24) is 4.90 Å². The van der Waals surface area contributed by atoms with Gasteiger partial charge in [0, 0.05) is 24.4 Å². The third kappa shape index (κ3) is 4.10. The molecular weight excluding hydrogens is 420 g/mol. The summed E-state index contributed by atoms with van der Waals surface area (Å²) in [7, 11) is 0. The van der Waals surface area contributed by atoms with Gasteiger partial charge in [0.2, 0.25) is 5.91 Å². The molecule has 1 atom stereocenters. The number of fused-ring (bicyclic) bond motifs is 1.